The lowest BCUT2D eigenvalue weighted by Gasteiger charge is -1.93. The van der Waals surface area contributed by atoms with Crippen molar-refractivity contribution in [3.05, 3.63) is 41.5 Å². The van der Waals surface area contributed by atoms with Gasteiger partial charge >= 0.3 is 0 Å². The van der Waals surface area contributed by atoms with E-state index in [1.807, 2.05) is 11.8 Å². The molecule has 0 unspecified atom stereocenters. The summed E-state index contributed by atoms with van der Waals surface area (Å²) < 4.78 is 0. The third-order valence-electron chi connectivity index (χ3n) is 1.65. The Labute approximate surface area is 78.7 Å². The van der Waals surface area contributed by atoms with E-state index in [-0.39, 0.29) is 0 Å². The average Bonchev–Trinajstić information content (AvgIpc) is 2.09. The summed E-state index contributed by atoms with van der Waals surface area (Å²) in [6, 6.07) is 8.57. The van der Waals surface area contributed by atoms with Crippen molar-refractivity contribution in [3.63, 3.8) is 0 Å². The Morgan fingerprint density at radius 1 is 1.25 bits per heavy atom. The maximum atomic E-state index is 2.19. The Bertz CT molecular complexity index is 246. The molecule has 1 rings (SSSR count). The Morgan fingerprint density at radius 3 is 2.50 bits per heavy atom. The van der Waals surface area contributed by atoms with E-state index in [1.54, 1.807) is 0 Å². The van der Waals surface area contributed by atoms with Gasteiger partial charge in [0.15, 0.2) is 0 Å². The molecule has 0 radical (unpaired) electrons. The number of benzene rings is 1. The minimum Gasteiger partial charge on any atom is -0.161 e. The molecule has 0 saturated heterocycles. The lowest BCUT2D eigenvalue weighted by atomic mass is 10.1. The normalized spacial score (nSPS) is 10.8. The summed E-state index contributed by atoms with van der Waals surface area (Å²) in [6.07, 6.45) is 6.46. The molecule has 0 atom stereocenters. The van der Waals surface area contributed by atoms with Crippen LogP contribution in [-0.4, -0.2) is 12.0 Å². The summed E-state index contributed by atoms with van der Waals surface area (Å²) in [4.78, 5) is 0. The highest BCUT2D eigenvalue weighted by atomic mass is 32.2. The Kier molecular flexibility index (Phi) is 3.95. The van der Waals surface area contributed by atoms with Gasteiger partial charge in [-0.25, -0.2) is 0 Å². The quantitative estimate of drug-likeness (QED) is 0.684. The molecular weight excluding hydrogens is 164 g/mol. The van der Waals surface area contributed by atoms with Crippen LogP contribution in [0.1, 0.15) is 11.1 Å². The number of aryl methyl sites for hydroxylation is 1. The SMILES string of the molecule is CSC/C=C/c1ccc(C)cc1. The van der Waals surface area contributed by atoms with Crippen LogP contribution in [0.25, 0.3) is 6.08 Å². The first-order valence-electron chi connectivity index (χ1n) is 4.05. The molecule has 1 aromatic carbocycles. The number of thioether (sulfide) groups is 1. The van der Waals surface area contributed by atoms with Gasteiger partial charge in [0.25, 0.3) is 0 Å². The van der Waals surface area contributed by atoms with Crippen molar-refractivity contribution in [3.8, 4) is 0 Å². The van der Waals surface area contributed by atoms with Crippen molar-refractivity contribution in [2.45, 2.75) is 6.92 Å². The minimum absolute atomic E-state index is 1.09. The van der Waals surface area contributed by atoms with Gasteiger partial charge in [-0.3, -0.25) is 0 Å². The molecule has 12 heavy (non-hydrogen) atoms. The predicted molar refractivity (Wildman–Crippen MR) is 58.6 cm³/mol. The summed E-state index contributed by atoms with van der Waals surface area (Å²) in [5.41, 5.74) is 2.60. The lowest BCUT2D eigenvalue weighted by Crippen LogP contribution is -1.74. The second kappa shape index (κ2) is 5.04. The summed E-state index contributed by atoms with van der Waals surface area (Å²) in [6.45, 7) is 2.11. The van der Waals surface area contributed by atoms with Crippen LogP contribution in [0, 0.1) is 6.92 Å². The van der Waals surface area contributed by atoms with E-state index in [0.29, 0.717) is 0 Å². The number of hydrogen-bond acceptors (Lipinski definition) is 1. The van der Waals surface area contributed by atoms with Crippen LogP contribution in [0.3, 0.4) is 0 Å². The first kappa shape index (κ1) is 9.40. The van der Waals surface area contributed by atoms with E-state index < -0.39 is 0 Å². The van der Waals surface area contributed by atoms with Gasteiger partial charge in [-0.1, -0.05) is 42.0 Å². The highest BCUT2D eigenvalue weighted by molar-refractivity contribution is 7.98. The molecule has 0 aliphatic heterocycles. The second-order valence-corrected chi connectivity index (χ2v) is 3.68. The molecule has 0 aliphatic carbocycles. The van der Waals surface area contributed by atoms with Gasteiger partial charge in [0, 0.05) is 5.75 Å². The van der Waals surface area contributed by atoms with Crippen molar-refractivity contribution in [2.75, 3.05) is 12.0 Å². The zero-order valence-electron chi connectivity index (χ0n) is 7.58. The molecule has 1 heteroatoms. The van der Waals surface area contributed by atoms with Gasteiger partial charge in [-0.15, -0.1) is 0 Å². The molecule has 0 N–H and O–H groups in total. The van der Waals surface area contributed by atoms with Crippen LogP contribution in [0.2, 0.25) is 0 Å². The summed E-state index contributed by atoms with van der Waals surface area (Å²) in [5, 5.41) is 0. The van der Waals surface area contributed by atoms with E-state index in [2.05, 4.69) is 49.6 Å². The van der Waals surface area contributed by atoms with Crippen LogP contribution in [0.15, 0.2) is 30.3 Å². The summed E-state index contributed by atoms with van der Waals surface area (Å²) >= 11 is 1.84. The largest absolute Gasteiger partial charge is 0.161 e. The van der Waals surface area contributed by atoms with E-state index >= 15 is 0 Å². The molecule has 0 bridgehead atoms. The maximum absolute atomic E-state index is 2.19. The van der Waals surface area contributed by atoms with Crippen LogP contribution < -0.4 is 0 Å². The van der Waals surface area contributed by atoms with Crippen molar-refractivity contribution < 1.29 is 0 Å². The fourth-order valence-electron chi connectivity index (χ4n) is 0.958. The smallest absolute Gasteiger partial charge is 0.0113 e. The Hall–Kier alpha value is -0.690. The van der Waals surface area contributed by atoms with Gasteiger partial charge in [-0.2, -0.15) is 11.8 Å². The zero-order valence-corrected chi connectivity index (χ0v) is 8.40. The molecule has 0 heterocycles. The highest BCUT2D eigenvalue weighted by Gasteiger charge is 1.84. The standard InChI is InChI=1S/C11H14S/c1-10-5-7-11(8-6-10)4-3-9-12-2/h3-8H,9H2,1-2H3/b4-3+. The van der Waals surface area contributed by atoms with Gasteiger partial charge in [0.05, 0.1) is 0 Å². The summed E-state index contributed by atoms with van der Waals surface area (Å²) in [7, 11) is 0. The van der Waals surface area contributed by atoms with Gasteiger partial charge in [0.2, 0.25) is 0 Å². The molecule has 0 saturated carbocycles. The Balaban J connectivity index is 2.58. The molecule has 1 aromatic rings. The highest BCUT2D eigenvalue weighted by Crippen LogP contribution is 2.05. The molecular formula is C11H14S. The van der Waals surface area contributed by atoms with Crippen LogP contribution in [0.5, 0.6) is 0 Å². The zero-order chi connectivity index (χ0) is 8.81. The first-order valence-corrected chi connectivity index (χ1v) is 5.44. The molecule has 0 aliphatic rings. The predicted octanol–water partition coefficient (Wildman–Crippen LogP) is 3.37. The van der Waals surface area contributed by atoms with E-state index in [0.717, 1.165) is 5.75 Å². The van der Waals surface area contributed by atoms with Crippen LogP contribution in [0.4, 0.5) is 0 Å². The van der Waals surface area contributed by atoms with E-state index in [9.17, 15) is 0 Å². The third-order valence-corrected chi connectivity index (χ3v) is 2.18. The van der Waals surface area contributed by atoms with Gasteiger partial charge in [-0.05, 0) is 18.7 Å². The molecule has 0 amide bonds. The van der Waals surface area contributed by atoms with E-state index in [4.69, 9.17) is 0 Å². The fraction of sp³-hybridized carbons (Fsp3) is 0.273. The van der Waals surface area contributed by atoms with Gasteiger partial charge in [0.1, 0.15) is 0 Å². The first-order chi connectivity index (χ1) is 5.83. The van der Waals surface area contributed by atoms with Crippen molar-refractivity contribution in [1.82, 2.24) is 0 Å². The summed E-state index contributed by atoms with van der Waals surface area (Å²) in [5.74, 6) is 1.09. The van der Waals surface area contributed by atoms with Crippen LogP contribution >= 0.6 is 11.8 Å². The molecule has 0 nitrogen and oxygen atoms in total. The van der Waals surface area contributed by atoms with E-state index in [1.165, 1.54) is 11.1 Å². The number of rotatable bonds is 3. The number of hydrogen-bond donors (Lipinski definition) is 0. The van der Waals surface area contributed by atoms with Crippen molar-refractivity contribution in [2.24, 2.45) is 0 Å². The van der Waals surface area contributed by atoms with Crippen molar-refractivity contribution >= 4 is 17.8 Å². The average molecular weight is 178 g/mol. The maximum Gasteiger partial charge on any atom is 0.0113 e. The minimum atomic E-state index is 1.09. The monoisotopic (exact) mass is 178 g/mol. The third kappa shape index (κ3) is 3.14. The lowest BCUT2D eigenvalue weighted by molar-refractivity contribution is 1.46. The second-order valence-electron chi connectivity index (χ2n) is 2.77. The molecule has 64 valence electrons. The topological polar surface area (TPSA) is 0 Å². The fourth-order valence-corrected chi connectivity index (χ4v) is 1.25. The Morgan fingerprint density at radius 2 is 1.92 bits per heavy atom. The molecule has 0 spiro atoms. The van der Waals surface area contributed by atoms with Crippen LogP contribution in [-0.2, 0) is 0 Å². The molecule has 0 fully saturated rings. The van der Waals surface area contributed by atoms with Gasteiger partial charge < -0.3 is 0 Å². The molecule has 0 aromatic heterocycles. The van der Waals surface area contributed by atoms with Crippen molar-refractivity contribution in [1.29, 1.82) is 0 Å².